The molecule has 3 aromatic carbocycles. The lowest BCUT2D eigenvalue weighted by Crippen LogP contribution is -2.26. The number of unbranched alkanes of at least 4 members (excludes halogenated alkanes) is 1. The zero-order valence-corrected chi connectivity index (χ0v) is 20.3. The van der Waals surface area contributed by atoms with Crippen LogP contribution in [0, 0.1) is 0 Å². The Balaban J connectivity index is 1.27. The molecule has 0 aliphatic rings. The molecule has 0 unspecified atom stereocenters. The average Bonchev–Trinajstić information content (AvgIpc) is 3.24. The van der Waals surface area contributed by atoms with Gasteiger partial charge in [0.15, 0.2) is 11.5 Å². The van der Waals surface area contributed by atoms with Crippen LogP contribution in [-0.4, -0.2) is 35.7 Å². The molecule has 1 heterocycles. The molecule has 0 bridgehead atoms. The first kappa shape index (κ1) is 24.3. The fraction of sp³-hybridized carbons (Fsp3) is 0.310. The maximum Gasteiger partial charge on any atom is 0.224 e. The third-order valence-electron chi connectivity index (χ3n) is 5.94. The Bertz CT molecular complexity index is 1220. The summed E-state index contributed by atoms with van der Waals surface area (Å²) < 4.78 is 13.6. The van der Waals surface area contributed by atoms with Crippen LogP contribution in [0.15, 0.2) is 78.9 Å². The van der Waals surface area contributed by atoms with E-state index < -0.39 is 0 Å². The predicted molar refractivity (Wildman–Crippen MR) is 139 cm³/mol. The molecule has 0 saturated heterocycles. The lowest BCUT2D eigenvalue weighted by molar-refractivity contribution is -0.120. The van der Waals surface area contributed by atoms with Crippen molar-refractivity contribution in [3.8, 4) is 11.5 Å². The molecule has 1 N–H and O–H groups in total. The Hall–Kier alpha value is -3.80. The van der Waals surface area contributed by atoms with Gasteiger partial charge >= 0.3 is 0 Å². The molecule has 6 nitrogen and oxygen atoms in total. The first-order valence-electron chi connectivity index (χ1n) is 12.2. The van der Waals surface area contributed by atoms with Crippen LogP contribution in [0.3, 0.4) is 0 Å². The molecule has 4 aromatic rings. The van der Waals surface area contributed by atoms with Gasteiger partial charge in [0.25, 0.3) is 0 Å². The summed E-state index contributed by atoms with van der Waals surface area (Å²) in [5.41, 5.74) is 3.20. The Morgan fingerprint density at radius 1 is 0.886 bits per heavy atom. The number of benzene rings is 3. The van der Waals surface area contributed by atoms with Crippen molar-refractivity contribution in [2.24, 2.45) is 0 Å². The third-order valence-corrected chi connectivity index (χ3v) is 5.94. The van der Waals surface area contributed by atoms with Crippen LogP contribution < -0.4 is 14.8 Å². The number of nitrogens with one attached hydrogen (secondary N) is 1. The zero-order chi connectivity index (χ0) is 24.3. The number of hydrogen-bond donors (Lipinski definition) is 1. The first-order chi connectivity index (χ1) is 17.2. The second-order valence-electron chi connectivity index (χ2n) is 8.49. The van der Waals surface area contributed by atoms with Crippen molar-refractivity contribution >= 4 is 16.9 Å². The van der Waals surface area contributed by atoms with Gasteiger partial charge in [-0.2, -0.15) is 0 Å². The minimum Gasteiger partial charge on any atom is -0.493 e. The summed E-state index contributed by atoms with van der Waals surface area (Å²) in [7, 11) is 1.66. The number of methoxy groups -OCH3 is 1. The molecule has 1 amide bonds. The summed E-state index contributed by atoms with van der Waals surface area (Å²) in [6.45, 7) is 2.16. The van der Waals surface area contributed by atoms with Gasteiger partial charge in [0.05, 0.1) is 31.2 Å². The number of carbonyl (C=O) groups excluding carboxylic acids is 1. The predicted octanol–water partition coefficient (Wildman–Crippen LogP) is 5.20. The number of aryl methyl sites for hydroxylation is 2. The van der Waals surface area contributed by atoms with Crippen molar-refractivity contribution in [1.29, 1.82) is 0 Å². The van der Waals surface area contributed by atoms with Crippen molar-refractivity contribution < 1.29 is 14.3 Å². The number of hydrogen-bond acceptors (Lipinski definition) is 4. The van der Waals surface area contributed by atoms with E-state index in [1.165, 1.54) is 0 Å². The minimum atomic E-state index is 0.0553. The average molecular weight is 472 g/mol. The molecule has 0 saturated carbocycles. The number of para-hydroxylation sites is 4. The fourth-order valence-corrected chi connectivity index (χ4v) is 4.18. The van der Waals surface area contributed by atoms with Gasteiger partial charge in [-0.15, -0.1) is 0 Å². The Morgan fingerprint density at radius 2 is 1.63 bits per heavy atom. The van der Waals surface area contributed by atoms with Crippen LogP contribution in [-0.2, 0) is 24.2 Å². The smallest absolute Gasteiger partial charge is 0.224 e. The van der Waals surface area contributed by atoms with Crippen molar-refractivity contribution in [2.75, 3.05) is 20.3 Å². The molecule has 0 aliphatic heterocycles. The van der Waals surface area contributed by atoms with Gasteiger partial charge < -0.3 is 19.4 Å². The second-order valence-corrected chi connectivity index (χ2v) is 8.49. The molecule has 4 rings (SSSR count). The zero-order valence-electron chi connectivity index (χ0n) is 20.3. The largest absolute Gasteiger partial charge is 0.493 e. The molecule has 0 radical (unpaired) electrons. The van der Waals surface area contributed by atoms with Crippen molar-refractivity contribution in [1.82, 2.24) is 14.9 Å². The quantitative estimate of drug-likeness (QED) is 0.272. The van der Waals surface area contributed by atoms with Gasteiger partial charge in [0, 0.05) is 19.5 Å². The normalized spacial score (nSPS) is 10.9. The molecule has 182 valence electrons. The standard InChI is InChI=1S/C29H33N3O3/c1-34-26-16-7-8-17-27(26)35-21-10-9-20-32-25-15-6-5-14-24(25)31-28(32)18-11-19-30-29(33)22-23-12-3-2-4-13-23/h2-8,12-17H,9-11,18-22H2,1H3,(H,30,33). The SMILES string of the molecule is COc1ccccc1OCCCCn1c(CCCNC(=O)Cc2ccccc2)nc2ccccc21. The van der Waals surface area contributed by atoms with Gasteiger partial charge in [-0.1, -0.05) is 54.6 Å². The van der Waals surface area contributed by atoms with E-state index in [1.807, 2.05) is 60.7 Å². The molecule has 35 heavy (non-hydrogen) atoms. The molecule has 0 fully saturated rings. The van der Waals surface area contributed by atoms with E-state index in [0.29, 0.717) is 19.6 Å². The first-order valence-corrected chi connectivity index (χ1v) is 12.2. The highest BCUT2D eigenvalue weighted by molar-refractivity contribution is 5.78. The Kier molecular flexibility index (Phi) is 8.76. The highest BCUT2D eigenvalue weighted by atomic mass is 16.5. The highest BCUT2D eigenvalue weighted by Crippen LogP contribution is 2.26. The molecular weight excluding hydrogens is 438 g/mol. The van der Waals surface area contributed by atoms with Gasteiger partial charge in [-0.05, 0) is 49.1 Å². The van der Waals surface area contributed by atoms with Crippen molar-refractivity contribution in [3.05, 3.63) is 90.3 Å². The topological polar surface area (TPSA) is 65.4 Å². The fourth-order valence-electron chi connectivity index (χ4n) is 4.18. The van der Waals surface area contributed by atoms with E-state index in [4.69, 9.17) is 14.5 Å². The monoisotopic (exact) mass is 471 g/mol. The third kappa shape index (κ3) is 6.85. The summed E-state index contributed by atoms with van der Waals surface area (Å²) in [5, 5.41) is 3.04. The highest BCUT2D eigenvalue weighted by Gasteiger charge is 2.11. The molecule has 0 spiro atoms. The van der Waals surface area contributed by atoms with E-state index >= 15 is 0 Å². The number of rotatable bonds is 13. The van der Waals surface area contributed by atoms with E-state index in [1.54, 1.807) is 7.11 Å². The summed E-state index contributed by atoms with van der Waals surface area (Å²) in [6.07, 6.45) is 3.99. The number of fused-ring (bicyclic) bond motifs is 1. The van der Waals surface area contributed by atoms with Crippen LogP contribution in [0.4, 0.5) is 0 Å². The number of aromatic nitrogens is 2. The molecule has 6 heteroatoms. The van der Waals surface area contributed by atoms with Gasteiger partial charge in [0.1, 0.15) is 5.82 Å². The second kappa shape index (κ2) is 12.6. The number of amides is 1. The van der Waals surface area contributed by atoms with Crippen LogP contribution >= 0.6 is 0 Å². The number of nitrogens with zero attached hydrogens (tertiary/aromatic N) is 2. The number of imidazole rings is 1. The van der Waals surface area contributed by atoms with Gasteiger partial charge in [-0.3, -0.25) is 4.79 Å². The Labute approximate surface area is 206 Å². The summed E-state index contributed by atoms with van der Waals surface area (Å²) in [5.74, 6) is 2.65. The van der Waals surface area contributed by atoms with Crippen LogP contribution in [0.5, 0.6) is 11.5 Å². The van der Waals surface area contributed by atoms with Crippen LogP contribution in [0.2, 0.25) is 0 Å². The maximum absolute atomic E-state index is 12.2. The summed E-state index contributed by atoms with van der Waals surface area (Å²) in [4.78, 5) is 17.1. The van der Waals surface area contributed by atoms with Crippen molar-refractivity contribution in [2.45, 2.75) is 38.6 Å². The molecule has 1 aromatic heterocycles. The van der Waals surface area contributed by atoms with E-state index in [9.17, 15) is 4.79 Å². The lowest BCUT2D eigenvalue weighted by Gasteiger charge is -2.12. The van der Waals surface area contributed by atoms with Crippen LogP contribution in [0.25, 0.3) is 11.0 Å². The maximum atomic E-state index is 12.2. The number of ether oxygens (including phenoxy) is 2. The summed E-state index contributed by atoms with van der Waals surface area (Å²) in [6, 6.07) is 25.8. The van der Waals surface area contributed by atoms with E-state index in [2.05, 4.69) is 28.1 Å². The van der Waals surface area contributed by atoms with E-state index in [-0.39, 0.29) is 5.91 Å². The van der Waals surface area contributed by atoms with Gasteiger partial charge in [0.2, 0.25) is 5.91 Å². The molecule has 0 aliphatic carbocycles. The molecule has 0 atom stereocenters. The summed E-state index contributed by atoms with van der Waals surface area (Å²) >= 11 is 0. The van der Waals surface area contributed by atoms with E-state index in [0.717, 1.165) is 66.1 Å². The van der Waals surface area contributed by atoms with Gasteiger partial charge in [-0.25, -0.2) is 4.98 Å². The van der Waals surface area contributed by atoms with Crippen molar-refractivity contribution in [3.63, 3.8) is 0 Å². The Morgan fingerprint density at radius 3 is 2.46 bits per heavy atom. The number of carbonyl (C=O) groups is 1. The lowest BCUT2D eigenvalue weighted by atomic mass is 10.1. The minimum absolute atomic E-state index is 0.0553. The molecular formula is C29H33N3O3. The van der Waals surface area contributed by atoms with Crippen LogP contribution in [0.1, 0.15) is 30.7 Å².